The molecule has 0 aliphatic carbocycles. The van der Waals surface area contributed by atoms with E-state index in [2.05, 4.69) is 18.2 Å². The molecule has 19 heavy (non-hydrogen) atoms. The fourth-order valence-corrected chi connectivity index (χ4v) is 1.72. The van der Waals surface area contributed by atoms with Crippen LogP contribution < -0.4 is 0 Å². The van der Waals surface area contributed by atoms with Crippen LogP contribution in [0.4, 0.5) is 0 Å². The average Bonchev–Trinajstić information content (AvgIpc) is 2.49. The molecule has 0 bridgehead atoms. The molecule has 0 radical (unpaired) electrons. The Labute approximate surface area is 112 Å². The Hall–Kier alpha value is -2.84. The summed E-state index contributed by atoms with van der Waals surface area (Å²) in [4.78, 5) is 0. The monoisotopic (exact) mass is 244 g/mol. The van der Waals surface area contributed by atoms with E-state index in [4.69, 9.17) is 10.5 Å². The zero-order valence-corrected chi connectivity index (χ0v) is 10.4. The molecule has 0 aliphatic rings. The molecule has 2 aromatic carbocycles. The van der Waals surface area contributed by atoms with Crippen LogP contribution in [0, 0.1) is 22.7 Å². The Balaban J connectivity index is 1.99. The first-order valence-corrected chi connectivity index (χ1v) is 5.97. The molecule has 2 rings (SSSR count). The summed E-state index contributed by atoms with van der Waals surface area (Å²) in [7, 11) is 0. The highest BCUT2D eigenvalue weighted by molar-refractivity contribution is 5.51. The fraction of sp³-hybridized carbons (Fsp3) is 0.0588. The van der Waals surface area contributed by atoms with Gasteiger partial charge in [-0.05, 0) is 41.8 Å². The normalized spacial score (nSPS) is 10.0. The van der Waals surface area contributed by atoms with Gasteiger partial charge in [0.2, 0.25) is 0 Å². The van der Waals surface area contributed by atoms with Gasteiger partial charge in [-0.3, -0.25) is 0 Å². The summed E-state index contributed by atoms with van der Waals surface area (Å²) in [5, 5.41) is 17.4. The smallest absolute Gasteiger partial charge is 0.0991 e. The molecule has 0 spiro atoms. The summed E-state index contributed by atoms with van der Waals surface area (Å²) < 4.78 is 0. The van der Waals surface area contributed by atoms with Gasteiger partial charge in [0.05, 0.1) is 23.3 Å². The van der Waals surface area contributed by atoms with Crippen molar-refractivity contribution in [3.8, 4) is 12.1 Å². The maximum atomic E-state index is 8.71. The second kappa shape index (κ2) is 6.19. The SMILES string of the molecule is N#Cc1ccc(C=CCc2ccc(C#N)cc2)cc1. The van der Waals surface area contributed by atoms with Gasteiger partial charge in [-0.25, -0.2) is 0 Å². The van der Waals surface area contributed by atoms with E-state index >= 15 is 0 Å². The van der Waals surface area contributed by atoms with E-state index in [0.717, 1.165) is 12.0 Å². The van der Waals surface area contributed by atoms with Gasteiger partial charge < -0.3 is 0 Å². The number of nitriles is 2. The molecular formula is C17H12N2. The lowest BCUT2D eigenvalue weighted by molar-refractivity contribution is 1.27. The molecule has 0 N–H and O–H groups in total. The third-order valence-electron chi connectivity index (χ3n) is 2.79. The summed E-state index contributed by atoms with van der Waals surface area (Å²) in [6, 6.07) is 19.2. The van der Waals surface area contributed by atoms with Crippen LogP contribution in [0.1, 0.15) is 22.3 Å². The predicted molar refractivity (Wildman–Crippen MR) is 75.1 cm³/mol. The summed E-state index contributed by atoms with van der Waals surface area (Å²) in [5.74, 6) is 0. The van der Waals surface area contributed by atoms with Gasteiger partial charge in [0, 0.05) is 0 Å². The van der Waals surface area contributed by atoms with Crippen LogP contribution in [0.15, 0.2) is 54.6 Å². The van der Waals surface area contributed by atoms with Gasteiger partial charge in [0.1, 0.15) is 0 Å². The van der Waals surface area contributed by atoms with Crippen LogP contribution in [-0.4, -0.2) is 0 Å². The molecule has 0 unspecified atom stereocenters. The number of benzene rings is 2. The highest BCUT2D eigenvalue weighted by atomic mass is 14.2. The molecule has 0 atom stereocenters. The topological polar surface area (TPSA) is 47.6 Å². The van der Waals surface area contributed by atoms with Crippen LogP contribution >= 0.6 is 0 Å². The summed E-state index contributed by atoms with van der Waals surface area (Å²) >= 11 is 0. The lowest BCUT2D eigenvalue weighted by Crippen LogP contribution is -1.82. The number of rotatable bonds is 3. The maximum Gasteiger partial charge on any atom is 0.0991 e. The minimum atomic E-state index is 0.671. The average molecular weight is 244 g/mol. The van der Waals surface area contributed by atoms with Crippen molar-refractivity contribution in [1.29, 1.82) is 10.5 Å². The van der Waals surface area contributed by atoms with E-state index in [1.165, 1.54) is 5.56 Å². The van der Waals surface area contributed by atoms with Crippen LogP contribution in [0.25, 0.3) is 6.08 Å². The van der Waals surface area contributed by atoms with E-state index in [0.29, 0.717) is 11.1 Å². The Morgan fingerprint density at radius 2 is 1.32 bits per heavy atom. The molecule has 2 aromatic rings. The molecular weight excluding hydrogens is 232 g/mol. The van der Waals surface area contributed by atoms with Crippen molar-refractivity contribution in [1.82, 2.24) is 0 Å². The highest BCUT2D eigenvalue weighted by Gasteiger charge is 1.92. The number of allylic oxidation sites excluding steroid dienone is 1. The lowest BCUT2D eigenvalue weighted by Gasteiger charge is -1.97. The van der Waals surface area contributed by atoms with Gasteiger partial charge >= 0.3 is 0 Å². The van der Waals surface area contributed by atoms with Crippen LogP contribution in [0.5, 0.6) is 0 Å². The third-order valence-corrected chi connectivity index (χ3v) is 2.79. The van der Waals surface area contributed by atoms with Crippen LogP contribution in [0.3, 0.4) is 0 Å². The van der Waals surface area contributed by atoms with Crippen molar-refractivity contribution < 1.29 is 0 Å². The van der Waals surface area contributed by atoms with Crippen molar-refractivity contribution >= 4 is 6.08 Å². The largest absolute Gasteiger partial charge is 0.192 e. The zero-order valence-electron chi connectivity index (χ0n) is 10.4. The summed E-state index contributed by atoms with van der Waals surface area (Å²) in [6.07, 6.45) is 4.92. The molecule has 2 nitrogen and oxygen atoms in total. The van der Waals surface area contributed by atoms with Gasteiger partial charge in [0.15, 0.2) is 0 Å². The van der Waals surface area contributed by atoms with E-state index in [-0.39, 0.29) is 0 Å². The molecule has 0 aliphatic heterocycles. The Kier molecular flexibility index (Phi) is 4.11. The van der Waals surface area contributed by atoms with Crippen LogP contribution in [0.2, 0.25) is 0 Å². The zero-order chi connectivity index (χ0) is 13.5. The first-order valence-electron chi connectivity index (χ1n) is 5.97. The summed E-state index contributed by atoms with van der Waals surface area (Å²) in [5.41, 5.74) is 3.60. The minimum Gasteiger partial charge on any atom is -0.192 e. The van der Waals surface area contributed by atoms with Gasteiger partial charge in [-0.2, -0.15) is 10.5 Å². The van der Waals surface area contributed by atoms with E-state index in [9.17, 15) is 0 Å². The predicted octanol–water partition coefficient (Wildman–Crippen LogP) is 3.69. The Morgan fingerprint density at radius 1 is 0.789 bits per heavy atom. The van der Waals surface area contributed by atoms with E-state index in [1.54, 1.807) is 12.1 Å². The molecule has 0 aromatic heterocycles. The van der Waals surface area contributed by atoms with Crippen molar-refractivity contribution in [2.24, 2.45) is 0 Å². The fourth-order valence-electron chi connectivity index (χ4n) is 1.72. The Bertz CT molecular complexity index is 650. The maximum absolute atomic E-state index is 8.71. The van der Waals surface area contributed by atoms with Crippen molar-refractivity contribution in [2.45, 2.75) is 6.42 Å². The number of hydrogen-bond donors (Lipinski definition) is 0. The first-order chi connectivity index (χ1) is 9.31. The van der Waals surface area contributed by atoms with Gasteiger partial charge in [0.25, 0.3) is 0 Å². The number of hydrogen-bond acceptors (Lipinski definition) is 2. The standard InChI is InChI=1S/C17H12N2/c18-12-16-8-4-14(5-9-16)2-1-3-15-6-10-17(13-19)11-7-15/h1-2,4-11H,3H2. The highest BCUT2D eigenvalue weighted by Crippen LogP contribution is 2.08. The molecule has 0 saturated heterocycles. The minimum absolute atomic E-state index is 0.671. The van der Waals surface area contributed by atoms with Crippen molar-refractivity contribution in [2.75, 3.05) is 0 Å². The van der Waals surface area contributed by atoms with E-state index < -0.39 is 0 Å². The van der Waals surface area contributed by atoms with Gasteiger partial charge in [-0.15, -0.1) is 0 Å². The lowest BCUT2D eigenvalue weighted by atomic mass is 10.1. The second-order valence-corrected chi connectivity index (χ2v) is 4.15. The van der Waals surface area contributed by atoms with Gasteiger partial charge in [-0.1, -0.05) is 36.4 Å². The van der Waals surface area contributed by atoms with E-state index in [1.807, 2.05) is 42.5 Å². The Morgan fingerprint density at radius 3 is 1.84 bits per heavy atom. The van der Waals surface area contributed by atoms with Crippen LogP contribution in [-0.2, 0) is 6.42 Å². The number of nitrogens with zero attached hydrogens (tertiary/aromatic N) is 2. The molecule has 0 saturated carbocycles. The van der Waals surface area contributed by atoms with Crippen molar-refractivity contribution in [3.05, 3.63) is 76.9 Å². The third kappa shape index (κ3) is 3.56. The molecule has 0 amide bonds. The van der Waals surface area contributed by atoms with Crippen molar-refractivity contribution in [3.63, 3.8) is 0 Å². The first kappa shape index (κ1) is 12.6. The molecule has 90 valence electrons. The molecule has 2 heteroatoms. The summed E-state index contributed by atoms with van der Waals surface area (Å²) in [6.45, 7) is 0. The molecule has 0 heterocycles. The molecule has 0 fully saturated rings. The second-order valence-electron chi connectivity index (χ2n) is 4.15. The quantitative estimate of drug-likeness (QED) is 0.826.